The largest absolute Gasteiger partial charge is 0.394 e. The van der Waals surface area contributed by atoms with Gasteiger partial charge in [-0.3, -0.25) is 4.57 Å². The number of halogens is 1. The van der Waals surface area contributed by atoms with E-state index in [0.717, 1.165) is 0 Å². The lowest BCUT2D eigenvalue weighted by Gasteiger charge is -2.18. The normalized spacial score (nSPS) is 27.2. The number of fused-ring (bicyclic) bond motifs is 1. The highest BCUT2D eigenvalue weighted by Crippen LogP contribution is 2.32. The van der Waals surface area contributed by atoms with E-state index in [1.807, 2.05) is 0 Å². The number of nitrogens with zero attached hydrogens (tertiary/aromatic N) is 4. The molecule has 1 saturated heterocycles. The summed E-state index contributed by atoms with van der Waals surface area (Å²) in [6.07, 6.45) is -3.43. The first-order chi connectivity index (χ1) is 11.7. The molecule has 2 aromatic rings. The zero-order valence-electron chi connectivity index (χ0n) is 14.2. The number of hydrogen-bond acceptors (Lipinski definition) is 8. The fourth-order valence-electron chi connectivity index (χ4n) is 2.66. The molecule has 4 N–H and O–H groups in total. The summed E-state index contributed by atoms with van der Waals surface area (Å²) in [6, 6.07) is 0. The van der Waals surface area contributed by atoms with E-state index >= 15 is 0 Å². The first-order valence-electron chi connectivity index (χ1n) is 7.97. The predicted molar refractivity (Wildman–Crippen MR) is 90.1 cm³/mol. The van der Waals surface area contributed by atoms with Crippen molar-refractivity contribution in [3.8, 4) is 0 Å². The minimum Gasteiger partial charge on any atom is -0.394 e. The Balaban J connectivity index is 1.98. The molecule has 0 radical (unpaired) electrons. The summed E-state index contributed by atoms with van der Waals surface area (Å²) in [5, 5.41) is 32.4. The van der Waals surface area contributed by atoms with E-state index in [-0.39, 0.29) is 11.5 Å². The van der Waals surface area contributed by atoms with Crippen molar-refractivity contribution in [2.75, 3.05) is 18.1 Å². The number of aliphatic hydroxyl groups excluding tert-OH is 3. The van der Waals surface area contributed by atoms with Crippen LogP contribution in [0, 0.1) is 6.08 Å². The van der Waals surface area contributed by atoms with E-state index in [1.54, 1.807) is 0 Å². The van der Waals surface area contributed by atoms with Gasteiger partial charge in [-0.1, -0.05) is 19.6 Å². The minimum absolute atomic E-state index is 0.139. The van der Waals surface area contributed by atoms with E-state index in [4.69, 9.17) is 4.74 Å². The molecule has 9 nitrogen and oxygen atoms in total. The van der Waals surface area contributed by atoms with Crippen LogP contribution in [0.15, 0.2) is 6.33 Å². The molecule has 0 saturated carbocycles. The number of aliphatic hydroxyl groups is 3. The van der Waals surface area contributed by atoms with Crippen LogP contribution in [-0.2, 0) is 4.74 Å². The van der Waals surface area contributed by atoms with Gasteiger partial charge in [0.05, 0.1) is 21.0 Å². The SMILES string of the molecule is C[Si](C)(C)CNc1nc(F)nc2c1ncn2C1OC(CO)C(O)C1O. The lowest BCUT2D eigenvalue weighted by atomic mass is 10.1. The van der Waals surface area contributed by atoms with Gasteiger partial charge in [0.2, 0.25) is 0 Å². The van der Waals surface area contributed by atoms with E-state index in [2.05, 4.69) is 39.9 Å². The molecule has 0 aliphatic carbocycles. The van der Waals surface area contributed by atoms with Gasteiger partial charge in [0.25, 0.3) is 0 Å². The van der Waals surface area contributed by atoms with E-state index in [0.29, 0.717) is 11.7 Å². The molecule has 3 rings (SSSR count). The Morgan fingerprint density at radius 3 is 2.60 bits per heavy atom. The standard InChI is InChI=1S/C14H22FN5O4Si/c1-25(2,3)6-17-11-8-12(19-14(15)18-11)20(5-16-8)13-10(23)9(22)7(4-21)24-13/h5,7,9-10,13,21-23H,4,6H2,1-3H3,(H,17,18,19). The summed E-state index contributed by atoms with van der Waals surface area (Å²) in [5.74, 6) is 0.274. The van der Waals surface area contributed by atoms with Crippen molar-refractivity contribution in [3.63, 3.8) is 0 Å². The minimum atomic E-state index is -1.45. The highest BCUT2D eigenvalue weighted by atomic mass is 28.3. The molecule has 0 bridgehead atoms. The van der Waals surface area contributed by atoms with Crippen LogP contribution in [0.25, 0.3) is 11.2 Å². The fourth-order valence-corrected chi connectivity index (χ4v) is 3.36. The molecule has 1 fully saturated rings. The Labute approximate surface area is 144 Å². The number of rotatable bonds is 5. The monoisotopic (exact) mass is 371 g/mol. The Hall–Kier alpha value is -1.66. The molecule has 2 aromatic heterocycles. The van der Waals surface area contributed by atoms with E-state index < -0.39 is 45.3 Å². The molecule has 4 atom stereocenters. The van der Waals surface area contributed by atoms with Crippen LogP contribution in [0.4, 0.5) is 10.2 Å². The lowest BCUT2D eigenvalue weighted by molar-refractivity contribution is -0.0511. The Kier molecular flexibility index (Phi) is 4.77. The van der Waals surface area contributed by atoms with E-state index in [9.17, 15) is 19.7 Å². The number of ether oxygens (including phenoxy) is 1. The fraction of sp³-hybridized carbons (Fsp3) is 0.643. The number of hydrogen-bond donors (Lipinski definition) is 4. The van der Waals surface area contributed by atoms with Gasteiger partial charge < -0.3 is 25.4 Å². The zero-order chi connectivity index (χ0) is 18.4. The topological polar surface area (TPSA) is 126 Å². The molecule has 138 valence electrons. The van der Waals surface area contributed by atoms with Crippen molar-refractivity contribution in [1.29, 1.82) is 0 Å². The third-order valence-electron chi connectivity index (χ3n) is 3.97. The second kappa shape index (κ2) is 6.57. The van der Waals surface area contributed by atoms with Gasteiger partial charge in [0, 0.05) is 6.17 Å². The van der Waals surface area contributed by atoms with Crippen LogP contribution in [0.2, 0.25) is 19.6 Å². The predicted octanol–water partition coefficient (Wildman–Crippen LogP) is -0.134. The molecule has 0 spiro atoms. The molecular formula is C14H22FN5O4Si. The summed E-state index contributed by atoms with van der Waals surface area (Å²) in [6.45, 7) is 6.03. The van der Waals surface area contributed by atoms with Crippen molar-refractivity contribution in [1.82, 2.24) is 19.5 Å². The molecule has 25 heavy (non-hydrogen) atoms. The maximum Gasteiger partial charge on any atom is 0.312 e. The van der Waals surface area contributed by atoms with Gasteiger partial charge >= 0.3 is 6.08 Å². The smallest absolute Gasteiger partial charge is 0.312 e. The molecule has 1 aliphatic heterocycles. The van der Waals surface area contributed by atoms with Crippen LogP contribution in [-0.4, -0.2) is 74.0 Å². The van der Waals surface area contributed by atoms with Gasteiger partial charge in [-0.15, -0.1) is 0 Å². The zero-order valence-corrected chi connectivity index (χ0v) is 15.2. The molecule has 4 unspecified atom stereocenters. The molecule has 0 amide bonds. The second-order valence-corrected chi connectivity index (χ2v) is 12.8. The van der Waals surface area contributed by atoms with Crippen molar-refractivity contribution >= 4 is 25.1 Å². The Bertz CT molecular complexity index is 767. The van der Waals surface area contributed by atoms with Crippen LogP contribution in [0.5, 0.6) is 0 Å². The average molecular weight is 371 g/mol. The summed E-state index contributed by atoms with van der Waals surface area (Å²) in [5.41, 5.74) is 0.484. The average Bonchev–Trinajstić information content (AvgIpc) is 3.06. The third kappa shape index (κ3) is 3.51. The number of nitrogens with one attached hydrogen (secondary N) is 1. The highest BCUT2D eigenvalue weighted by Gasteiger charge is 2.44. The summed E-state index contributed by atoms with van der Waals surface area (Å²) in [7, 11) is -1.45. The van der Waals surface area contributed by atoms with Gasteiger partial charge in [-0.25, -0.2) is 4.98 Å². The van der Waals surface area contributed by atoms with Gasteiger partial charge in [-0.05, 0) is 0 Å². The quantitative estimate of drug-likeness (QED) is 0.423. The highest BCUT2D eigenvalue weighted by molar-refractivity contribution is 6.76. The molecule has 11 heteroatoms. The summed E-state index contributed by atoms with van der Waals surface area (Å²) in [4.78, 5) is 11.7. The summed E-state index contributed by atoms with van der Waals surface area (Å²) >= 11 is 0. The van der Waals surface area contributed by atoms with Crippen molar-refractivity contribution in [3.05, 3.63) is 12.4 Å². The maximum atomic E-state index is 13.9. The van der Waals surface area contributed by atoms with Crippen LogP contribution in [0.3, 0.4) is 0 Å². The Morgan fingerprint density at radius 1 is 1.28 bits per heavy atom. The van der Waals surface area contributed by atoms with E-state index in [1.165, 1.54) is 10.9 Å². The second-order valence-electron chi connectivity index (χ2n) is 7.31. The molecule has 1 aliphatic rings. The van der Waals surface area contributed by atoms with Gasteiger partial charge in [0.1, 0.15) is 18.3 Å². The number of imidazole rings is 1. The lowest BCUT2D eigenvalue weighted by Crippen LogP contribution is -2.33. The number of aromatic nitrogens is 4. The van der Waals surface area contributed by atoms with Crippen molar-refractivity contribution < 1.29 is 24.4 Å². The van der Waals surface area contributed by atoms with Crippen LogP contribution in [0.1, 0.15) is 6.23 Å². The van der Waals surface area contributed by atoms with Gasteiger partial charge in [-0.2, -0.15) is 14.4 Å². The van der Waals surface area contributed by atoms with Crippen LogP contribution >= 0.6 is 0 Å². The van der Waals surface area contributed by atoms with Crippen molar-refractivity contribution in [2.45, 2.75) is 44.2 Å². The maximum absolute atomic E-state index is 13.9. The third-order valence-corrected chi connectivity index (χ3v) is 5.21. The number of anilines is 1. The molecular weight excluding hydrogens is 349 g/mol. The molecule has 0 aromatic carbocycles. The molecule has 3 heterocycles. The van der Waals surface area contributed by atoms with Crippen LogP contribution < -0.4 is 5.32 Å². The first kappa shape index (κ1) is 18.1. The Morgan fingerprint density at radius 2 is 2.00 bits per heavy atom. The van der Waals surface area contributed by atoms with Crippen molar-refractivity contribution in [2.24, 2.45) is 0 Å². The first-order valence-corrected chi connectivity index (χ1v) is 11.7. The van der Waals surface area contributed by atoms with Gasteiger partial charge in [0.15, 0.2) is 23.2 Å². The summed E-state index contributed by atoms with van der Waals surface area (Å²) < 4.78 is 20.7.